The molecule has 0 saturated carbocycles. The summed E-state index contributed by atoms with van der Waals surface area (Å²) < 4.78 is 0. The molecular formula is C10H22N2S. The maximum Gasteiger partial charge on any atom is 0.0768 e. The molecule has 13 heavy (non-hydrogen) atoms. The van der Waals surface area contributed by atoms with E-state index in [9.17, 15) is 0 Å². The van der Waals surface area contributed by atoms with Crippen LogP contribution in [0.25, 0.3) is 0 Å². The Morgan fingerprint density at radius 3 is 2.31 bits per heavy atom. The van der Waals surface area contributed by atoms with Crippen LogP contribution in [0, 0.1) is 5.92 Å². The Hall–Kier alpha value is -0.150. The van der Waals surface area contributed by atoms with E-state index in [1.807, 2.05) is 0 Å². The highest BCUT2D eigenvalue weighted by molar-refractivity contribution is 7.80. The first-order valence-corrected chi connectivity index (χ1v) is 5.22. The van der Waals surface area contributed by atoms with Gasteiger partial charge in [-0.05, 0) is 27.3 Å². The van der Waals surface area contributed by atoms with Gasteiger partial charge in [0.05, 0.1) is 4.99 Å². The Bertz CT molecular complexity index is 178. The van der Waals surface area contributed by atoms with Crippen molar-refractivity contribution in [2.45, 2.75) is 39.7 Å². The van der Waals surface area contributed by atoms with E-state index in [0.29, 0.717) is 10.9 Å². The number of hydrogen-bond donors (Lipinski definition) is 1. The lowest BCUT2D eigenvalue weighted by Gasteiger charge is -2.36. The lowest BCUT2D eigenvalue weighted by molar-refractivity contribution is 0.143. The predicted molar refractivity (Wildman–Crippen MR) is 62.9 cm³/mol. The summed E-state index contributed by atoms with van der Waals surface area (Å²) in [6.45, 7) is 9.68. The summed E-state index contributed by atoms with van der Waals surface area (Å²) in [7, 11) is 2.12. The first kappa shape index (κ1) is 12.8. The third-order valence-electron chi connectivity index (χ3n) is 2.93. The smallest absolute Gasteiger partial charge is 0.0768 e. The fourth-order valence-corrected chi connectivity index (χ4v) is 1.09. The summed E-state index contributed by atoms with van der Waals surface area (Å²) in [6.07, 6.45) is 1.13. The molecule has 0 rings (SSSR count). The van der Waals surface area contributed by atoms with Gasteiger partial charge in [0, 0.05) is 18.0 Å². The van der Waals surface area contributed by atoms with Crippen molar-refractivity contribution in [2.75, 3.05) is 13.6 Å². The van der Waals surface area contributed by atoms with E-state index in [2.05, 4.69) is 39.6 Å². The van der Waals surface area contributed by atoms with Gasteiger partial charge in [0.25, 0.3) is 0 Å². The van der Waals surface area contributed by atoms with Gasteiger partial charge in [-0.1, -0.05) is 26.1 Å². The van der Waals surface area contributed by atoms with E-state index in [0.717, 1.165) is 13.0 Å². The lowest BCUT2D eigenvalue weighted by Crippen LogP contribution is -2.44. The molecule has 2 N–H and O–H groups in total. The molecule has 0 spiro atoms. The summed E-state index contributed by atoms with van der Waals surface area (Å²) in [5.74, 6) is 0.297. The fraction of sp³-hybridized carbons (Fsp3) is 0.900. The molecule has 0 saturated heterocycles. The zero-order valence-corrected chi connectivity index (χ0v) is 10.2. The molecule has 0 aliphatic heterocycles. The fourth-order valence-electron chi connectivity index (χ4n) is 1.02. The van der Waals surface area contributed by atoms with Crippen molar-refractivity contribution in [3.63, 3.8) is 0 Å². The Labute approximate surface area is 87.5 Å². The first-order chi connectivity index (χ1) is 5.81. The van der Waals surface area contributed by atoms with Crippen molar-refractivity contribution >= 4 is 17.2 Å². The molecule has 3 heteroatoms. The van der Waals surface area contributed by atoms with E-state index in [1.165, 1.54) is 0 Å². The van der Waals surface area contributed by atoms with Gasteiger partial charge in [-0.15, -0.1) is 0 Å². The molecule has 0 aliphatic carbocycles. The van der Waals surface area contributed by atoms with Crippen molar-refractivity contribution in [2.24, 2.45) is 11.7 Å². The highest BCUT2D eigenvalue weighted by Gasteiger charge is 2.22. The standard InChI is InChI=1S/C10H22N2S/c1-6-10(3,4)12(5)7-8(2)9(11)13/h8H,6-7H2,1-5H3,(H2,11,13). The third-order valence-corrected chi connectivity index (χ3v) is 3.33. The lowest BCUT2D eigenvalue weighted by atomic mass is 9.98. The first-order valence-electron chi connectivity index (χ1n) is 4.81. The Kier molecular flexibility index (Phi) is 4.86. The van der Waals surface area contributed by atoms with E-state index in [-0.39, 0.29) is 5.54 Å². The second-order valence-electron chi connectivity index (χ2n) is 4.35. The molecular weight excluding hydrogens is 180 g/mol. The molecule has 0 aliphatic rings. The van der Waals surface area contributed by atoms with Gasteiger partial charge in [-0.25, -0.2) is 0 Å². The molecule has 0 aromatic rings. The minimum absolute atomic E-state index is 0.235. The zero-order chi connectivity index (χ0) is 10.6. The summed E-state index contributed by atoms with van der Waals surface area (Å²) in [4.78, 5) is 2.93. The van der Waals surface area contributed by atoms with Crippen LogP contribution in [-0.4, -0.2) is 29.0 Å². The van der Waals surface area contributed by atoms with Gasteiger partial charge in [0.1, 0.15) is 0 Å². The molecule has 0 amide bonds. The van der Waals surface area contributed by atoms with Crippen molar-refractivity contribution in [1.82, 2.24) is 4.90 Å². The number of hydrogen-bond acceptors (Lipinski definition) is 2. The van der Waals surface area contributed by atoms with Crippen LogP contribution < -0.4 is 5.73 Å². The van der Waals surface area contributed by atoms with Crippen LogP contribution >= 0.6 is 12.2 Å². The summed E-state index contributed by atoms with van der Waals surface area (Å²) in [5.41, 5.74) is 5.81. The molecule has 0 aromatic heterocycles. The quantitative estimate of drug-likeness (QED) is 0.692. The minimum atomic E-state index is 0.235. The second kappa shape index (κ2) is 4.91. The molecule has 0 radical (unpaired) electrons. The normalized spacial score (nSPS) is 14.6. The Morgan fingerprint density at radius 1 is 1.54 bits per heavy atom. The maximum atomic E-state index is 5.57. The molecule has 0 bridgehead atoms. The highest BCUT2D eigenvalue weighted by atomic mass is 32.1. The summed E-state index contributed by atoms with van der Waals surface area (Å²) in [5, 5.41) is 0. The minimum Gasteiger partial charge on any atom is -0.393 e. The van der Waals surface area contributed by atoms with Gasteiger partial charge < -0.3 is 10.6 Å². The highest BCUT2D eigenvalue weighted by Crippen LogP contribution is 2.17. The summed E-state index contributed by atoms with van der Waals surface area (Å²) in [6, 6.07) is 0. The largest absolute Gasteiger partial charge is 0.393 e. The van der Waals surface area contributed by atoms with Gasteiger partial charge in [0.15, 0.2) is 0 Å². The maximum absolute atomic E-state index is 5.57. The van der Waals surface area contributed by atoms with E-state index >= 15 is 0 Å². The number of nitrogens with two attached hydrogens (primary N) is 1. The van der Waals surface area contributed by atoms with E-state index in [1.54, 1.807) is 0 Å². The number of thiocarbonyl (C=S) groups is 1. The molecule has 2 nitrogen and oxygen atoms in total. The Balaban J connectivity index is 4.14. The van der Waals surface area contributed by atoms with Crippen LogP contribution in [-0.2, 0) is 0 Å². The van der Waals surface area contributed by atoms with Crippen molar-refractivity contribution in [3.05, 3.63) is 0 Å². The molecule has 78 valence electrons. The average Bonchev–Trinajstić information content (AvgIpc) is 2.04. The van der Waals surface area contributed by atoms with E-state index < -0.39 is 0 Å². The van der Waals surface area contributed by atoms with Crippen LogP contribution in [0.4, 0.5) is 0 Å². The molecule has 1 unspecified atom stereocenters. The SMILES string of the molecule is CCC(C)(C)N(C)CC(C)C(N)=S. The van der Waals surface area contributed by atoms with Crippen LogP contribution in [0.3, 0.4) is 0 Å². The van der Waals surface area contributed by atoms with Crippen LogP contribution in [0.15, 0.2) is 0 Å². The van der Waals surface area contributed by atoms with Crippen LogP contribution in [0.5, 0.6) is 0 Å². The Morgan fingerprint density at radius 2 is 2.00 bits per heavy atom. The van der Waals surface area contributed by atoms with Gasteiger partial charge >= 0.3 is 0 Å². The monoisotopic (exact) mass is 202 g/mol. The van der Waals surface area contributed by atoms with Crippen molar-refractivity contribution in [3.8, 4) is 0 Å². The van der Waals surface area contributed by atoms with E-state index in [4.69, 9.17) is 18.0 Å². The van der Waals surface area contributed by atoms with Gasteiger partial charge in [-0.2, -0.15) is 0 Å². The summed E-state index contributed by atoms with van der Waals surface area (Å²) >= 11 is 4.95. The molecule has 0 aromatic carbocycles. The van der Waals surface area contributed by atoms with Gasteiger partial charge in [-0.3, -0.25) is 0 Å². The zero-order valence-electron chi connectivity index (χ0n) is 9.42. The third kappa shape index (κ3) is 4.05. The van der Waals surface area contributed by atoms with Gasteiger partial charge in [0.2, 0.25) is 0 Å². The average molecular weight is 202 g/mol. The van der Waals surface area contributed by atoms with Crippen LogP contribution in [0.1, 0.15) is 34.1 Å². The molecule has 0 heterocycles. The van der Waals surface area contributed by atoms with Crippen molar-refractivity contribution < 1.29 is 0 Å². The van der Waals surface area contributed by atoms with Crippen molar-refractivity contribution in [1.29, 1.82) is 0 Å². The molecule has 0 fully saturated rings. The topological polar surface area (TPSA) is 29.3 Å². The molecule has 1 atom stereocenters. The number of rotatable bonds is 5. The predicted octanol–water partition coefficient (Wildman–Crippen LogP) is 2.03. The number of nitrogens with zero attached hydrogens (tertiary/aromatic N) is 1. The van der Waals surface area contributed by atoms with Crippen LogP contribution in [0.2, 0.25) is 0 Å². The second-order valence-corrected chi connectivity index (χ2v) is 4.82.